The third kappa shape index (κ3) is 3.15. The molecule has 0 radical (unpaired) electrons. The van der Waals surface area contributed by atoms with Crippen molar-refractivity contribution in [1.82, 2.24) is 0 Å². The maximum absolute atomic E-state index is 13.4. The van der Waals surface area contributed by atoms with Crippen LogP contribution in [0.4, 0.5) is 13.2 Å². The SMILES string of the molecule is CC1CCC(C=Cc2cc(F)c(F)cc2F)CC1. The zero-order valence-corrected chi connectivity index (χ0v) is 10.4. The Morgan fingerprint density at radius 1 is 0.944 bits per heavy atom. The molecule has 0 aromatic heterocycles. The van der Waals surface area contributed by atoms with Crippen LogP contribution in [0.1, 0.15) is 38.2 Å². The van der Waals surface area contributed by atoms with Gasteiger partial charge in [0.2, 0.25) is 0 Å². The molecule has 0 spiro atoms. The number of benzene rings is 1. The summed E-state index contributed by atoms with van der Waals surface area (Å²) in [5.41, 5.74) is 0.118. The summed E-state index contributed by atoms with van der Waals surface area (Å²) in [6.45, 7) is 2.23. The van der Waals surface area contributed by atoms with Gasteiger partial charge in [0.25, 0.3) is 0 Å². The maximum Gasteiger partial charge on any atom is 0.161 e. The lowest BCUT2D eigenvalue weighted by Gasteiger charge is -2.23. The first-order chi connectivity index (χ1) is 8.56. The molecule has 0 N–H and O–H groups in total. The highest BCUT2D eigenvalue weighted by molar-refractivity contribution is 5.50. The van der Waals surface area contributed by atoms with E-state index in [1.807, 2.05) is 6.08 Å². The molecule has 0 aliphatic heterocycles. The van der Waals surface area contributed by atoms with E-state index in [2.05, 4.69) is 6.92 Å². The van der Waals surface area contributed by atoms with Crippen molar-refractivity contribution in [2.45, 2.75) is 32.6 Å². The Balaban J connectivity index is 2.07. The number of halogens is 3. The molecule has 0 bridgehead atoms. The molecule has 1 aromatic carbocycles. The van der Waals surface area contributed by atoms with Gasteiger partial charge in [0.1, 0.15) is 5.82 Å². The molecule has 1 saturated carbocycles. The van der Waals surface area contributed by atoms with E-state index in [4.69, 9.17) is 0 Å². The highest BCUT2D eigenvalue weighted by Crippen LogP contribution is 2.29. The van der Waals surface area contributed by atoms with Crippen molar-refractivity contribution in [1.29, 1.82) is 0 Å². The van der Waals surface area contributed by atoms with Crippen molar-refractivity contribution in [2.75, 3.05) is 0 Å². The molecule has 0 heterocycles. The predicted octanol–water partition coefficient (Wildman–Crippen LogP) is 4.94. The zero-order chi connectivity index (χ0) is 13.1. The number of rotatable bonds is 2. The second-order valence-corrected chi connectivity index (χ2v) is 5.17. The summed E-state index contributed by atoms with van der Waals surface area (Å²) in [5, 5.41) is 0. The Morgan fingerprint density at radius 3 is 2.22 bits per heavy atom. The lowest BCUT2D eigenvalue weighted by Crippen LogP contribution is -2.09. The fraction of sp³-hybridized carbons (Fsp3) is 0.467. The van der Waals surface area contributed by atoms with Crippen LogP contribution in [0.3, 0.4) is 0 Å². The zero-order valence-electron chi connectivity index (χ0n) is 10.4. The van der Waals surface area contributed by atoms with Gasteiger partial charge in [0.15, 0.2) is 11.6 Å². The minimum atomic E-state index is -1.14. The molecule has 18 heavy (non-hydrogen) atoms. The van der Waals surface area contributed by atoms with E-state index in [0.717, 1.165) is 24.8 Å². The van der Waals surface area contributed by atoms with Crippen LogP contribution >= 0.6 is 0 Å². The number of hydrogen-bond acceptors (Lipinski definition) is 0. The summed E-state index contributed by atoms with van der Waals surface area (Å²) < 4.78 is 39.1. The van der Waals surface area contributed by atoms with Gasteiger partial charge in [-0.05, 0) is 30.7 Å². The van der Waals surface area contributed by atoms with E-state index in [-0.39, 0.29) is 5.56 Å². The first-order valence-electron chi connectivity index (χ1n) is 6.39. The van der Waals surface area contributed by atoms with Crippen LogP contribution in [0.2, 0.25) is 0 Å². The monoisotopic (exact) mass is 254 g/mol. The fourth-order valence-corrected chi connectivity index (χ4v) is 2.38. The summed E-state index contributed by atoms with van der Waals surface area (Å²) in [5.74, 6) is -1.68. The average molecular weight is 254 g/mol. The third-order valence-corrected chi connectivity index (χ3v) is 3.65. The molecule has 1 aliphatic rings. The summed E-state index contributed by atoms with van der Waals surface area (Å²) in [7, 11) is 0. The smallest absolute Gasteiger partial charge is 0.161 e. The van der Waals surface area contributed by atoms with Crippen molar-refractivity contribution in [3.05, 3.63) is 41.2 Å². The van der Waals surface area contributed by atoms with Crippen LogP contribution in [0.5, 0.6) is 0 Å². The Morgan fingerprint density at radius 2 is 1.56 bits per heavy atom. The molecule has 0 amide bonds. The molecule has 0 atom stereocenters. The summed E-state index contributed by atoms with van der Waals surface area (Å²) in [6, 6.07) is 1.50. The van der Waals surface area contributed by atoms with Gasteiger partial charge < -0.3 is 0 Å². The van der Waals surface area contributed by atoms with Crippen molar-refractivity contribution in [2.24, 2.45) is 11.8 Å². The van der Waals surface area contributed by atoms with E-state index in [9.17, 15) is 13.2 Å². The van der Waals surface area contributed by atoms with Gasteiger partial charge >= 0.3 is 0 Å². The van der Waals surface area contributed by atoms with Gasteiger partial charge in [0, 0.05) is 11.6 Å². The molecule has 1 fully saturated rings. The molecule has 2 rings (SSSR count). The highest BCUT2D eigenvalue weighted by atomic mass is 19.2. The van der Waals surface area contributed by atoms with Gasteiger partial charge in [-0.3, -0.25) is 0 Å². The Kier molecular flexibility index (Phi) is 4.10. The van der Waals surface area contributed by atoms with Crippen LogP contribution in [0.15, 0.2) is 18.2 Å². The van der Waals surface area contributed by atoms with Crippen molar-refractivity contribution < 1.29 is 13.2 Å². The first-order valence-corrected chi connectivity index (χ1v) is 6.39. The molecular formula is C15H17F3. The molecule has 1 aromatic rings. The normalized spacial score (nSPS) is 24.7. The van der Waals surface area contributed by atoms with Crippen molar-refractivity contribution in [3.63, 3.8) is 0 Å². The van der Waals surface area contributed by atoms with Gasteiger partial charge in [-0.1, -0.05) is 31.9 Å². The first kappa shape index (κ1) is 13.2. The lowest BCUT2D eigenvalue weighted by atomic mass is 9.83. The maximum atomic E-state index is 13.4. The van der Waals surface area contributed by atoms with Crippen LogP contribution in [-0.2, 0) is 0 Å². The second-order valence-electron chi connectivity index (χ2n) is 5.17. The van der Waals surface area contributed by atoms with Gasteiger partial charge in [-0.25, -0.2) is 13.2 Å². The van der Waals surface area contributed by atoms with E-state index >= 15 is 0 Å². The van der Waals surface area contributed by atoms with E-state index in [0.29, 0.717) is 12.0 Å². The fourth-order valence-electron chi connectivity index (χ4n) is 2.38. The van der Waals surface area contributed by atoms with Crippen molar-refractivity contribution in [3.8, 4) is 0 Å². The highest BCUT2D eigenvalue weighted by Gasteiger charge is 2.16. The number of hydrogen-bond donors (Lipinski definition) is 0. The molecule has 98 valence electrons. The standard InChI is InChI=1S/C15H17F3/c1-10-2-4-11(5-3-10)6-7-12-8-14(17)15(18)9-13(12)16/h6-11H,2-5H2,1H3. The van der Waals surface area contributed by atoms with Crippen LogP contribution in [-0.4, -0.2) is 0 Å². The molecule has 0 saturated heterocycles. The molecule has 3 heteroatoms. The largest absolute Gasteiger partial charge is 0.206 e. The summed E-state index contributed by atoms with van der Waals surface area (Å²) in [4.78, 5) is 0. The minimum absolute atomic E-state index is 0.118. The van der Waals surface area contributed by atoms with Crippen LogP contribution in [0, 0.1) is 29.3 Å². The summed E-state index contributed by atoms with van der Waals surface area (Å²) in [6.07, 6.45) is 8.01. The predicted molar refractivity (Wildman–Crippen MR) is 66.5 cm³/mol. The lowest BCUT2D eigenvalue weighted by molar-refractivity contribution is 0.331. The van der Waals surface area contributed by atoms with Gasteiger partial charge in [-0.15, -0.1) is 0 Å². The second kappa shape index (κ2) is 5.59. The third-order valence-electron chi connectivity index (χ3n) is 3.65. The van der Waals surface area contributed by atoms with Crippen molar-refractivity contribution >= 4 is 6.08 Å². The van der Waals surface area contributed by atoms with Crippen LogP contribution < -0.4 is 0 Å². The number of allylic oxidation sites excluding steroid dienone is 1. The molecule has 1 aliphatic carbocycles. The molecule has 0 nitrogen and oxygen atoms in total. The van der Waals surface area contributed by atoms with Gasteiger partial charge in [0.05, 0.1) is 0 Å². The minimum Gasteiger partial charge on any atom is -0.206 e. The van der Waals surface area contributed by atoms with E-state index in [1.165, 1.54) is 12.8 Å². The Labute approximate surface area is 106 Å². The van der Waals surface area contributed by atoms with Gasteiger partial charge in [-0.2, -0.15) is 0 Å². The van der Waals surface area contributed by atoms with E-state index < -0.39 is 17.5 Å². The Bertz CT molecular complexity index is 443. The Hall–Kier alpha value is -1.25. The molecular weight excluding hydrogens is 237 g/mol. The summed E-state index contributed by atoms with van der Waals surface area (Å²) >= 11 is 0. The topological polar surface area (TPSA) is 0 Å². The quantitative estimate of drug-likeness (QED) is 0.655. The van der Waals surface area contributed by atoms with Crippen LogP contribution in [0.25, 0.3) is 6.08 Å². The van der Waals surface area contributed by atoms with E-state index in [1.54, 1.807) is 6.08 Å². The molecule has 0 unspecified atom stereocenters. The average Bonchev–Trinajstić information content (AvgIpc) is 2.34.